The Hall–Kier alpha value is -1.91. The van der Waals surface area contributed by atoms with Crippen LogP contribution in [0.5, 0.6) is 5.88 Å². The van der Waals surface area contributed by atoms with E-state index in [1.165, 1.54) is 17.5 Å². The van der Waals surface area contributed by atoms with Crippen molar-refractivity contribution in [1.82, 2.24) is 10.3 Å². The number of nitrogens with zero attached hydrogens (tertiary/aromatic N) is 2. The average molecular weight is 406 g/mol. The predicted molar refractivity (Wildman–Crippen MR) is 95.1 cm³/mol. The molecule has 1 aliphatic rings. The zero-order valence-corrected chi connectivity index (χ0v) is 15.3. The second-order valence-corrected chi connectivity index (χ2v) is 7.52. The van der Waals surface area contributed by atoms with E-state index in [1.54, 1.807) is 12.1 Å². The van der Waals surface area contributed by atoms with Crippen LogP contribution < -0.4 is 10.1 Å². The van der Waals surface area contributed by atoms with Crippen molar-refractivity contribution < 1.29 is 9.53 Å². The number of nitrogens with one attached hydrogen (secondary N) is 1. The summed E-state index contributed by atoms with van der Waals surface area (Å²) in [4.78, 5) is 17.0. The summed E-state index contributed by atoms with van der Waals surface area (Å²) in [5.74, 6) is 0.536. The minimum absolute atomic E-state index is 0.0103. The van der Waals surface area contributed by atoms with Crippen molar-refractivity contribution in [3.05, 3.63) is 44.7 Å². The van der Waals surface area contributed by atoms with Crippen molar-refractivity contribution in [3.8, 4) is 11.9 Å². The van der Waals surface area contributed by atoms with Crippen LogP contribution in [0.3, 0.4) is 0 Å². The standard InChI is InChI=1S/C17H16BrN3O2S/c18-12-7-15(24-10-12)17(22)21-13-2-4-14(5-3-13)23-16-6-1-11(8-19)9-20-16/h1,6-7,9-10,13-14H,2-5H2,(H,21,22). The van der Waals surface area contributed by atoms with Crippen molar-refractivity contribution >= 4 is 33.2 Å². The molecule has 0 aliphatic heterocycles. The zero-order valence-electron chi connectivity index (χ0n) is 12.9. The van der Waals surface area contributed by atoms with Gasteiger partial charge in [-0.2, -0.15) is 5.26 Å². The van der Waals surface area contributed by atoms with Crippen LogP contribution in [0, 0.1) is 11.3 Å². The summed E-state index contributed by atoms with van der Waals surface area (Å²) in [7, 11) is 0. The molecule has 1 amide bonds. The SMILES string of the molecule is N#Cc1ccc(OC2CCC(NC(=O)c3cc(Br)cs3)CC2)nc1. The number of pyridine rings is 1. The van der Waals surface area contributed by atoms with Gasteiger partial charge < -0.3 is 10.1 Å². The molecule has 7 heteroatoms. The highest BCUT2D eigenvalue weighted by atomic mass is 79.9. The number of rotatable bonds is 4. The molecule has 5 nitrogen and oxygen atoms in total. The molecule has 1 aliphatic carbocycles. The predicted octanol–water partition coefficient (Wildman–Crippen LogP) is 3.90. The fourth-order valence-corrected chi connectivity index (χ4v) is 4.03. The second-order valence-electron chi connectivity index (χ2n) is 5.69. The van der Waals surface area contributed by atoms with Crippen molar-refractivity contribution in [2.45, 2.75) is 37.8 Å². The van der Waals surface area contributed by atoms with E-state index < -0.39 is 0 Å². The molecule has 1 N–H and O–H groups in total. The molecule has 0 aromatic carbocycles. The van der Waals surface area contributed by atoms with Gasteiger partial charge in [-0.3, -0.25) is 4.79 Å². The molecule has 0 unspecified atom stereocenters. The Morgan fingerprint density at radius 1 is 1.38 bits per heavy atom. The lowest BCUT2D eigenvalue weighted by Crippen LogP contribution is -2.39. The summed E-state index contributed by atoms with van der Waals surface area (Å²) in [6.45, 7) is 0. The molecule has 0 spiro atoms. The third kappa shape index (κ3) is 4.34. The number of hydrogen-bond acceptors (Lipinski definition) is 5. The van der Waals surface area contributed by atoms with E-state index in [0.29, 0.717) is 11.4 Å². The van der Waals surface area contributed by atoms with Crippen LogP contribution >= 0.6 is 27.3 Å². The topological polar surface area (TPSA) is 75.0 Å². The van der Waals surface area contributed by atoms with Gasteiger partial charge in [-0.1, -0.05) is 0 Å². The Morgan fingerprint density at radius 2 is 2.17 bits per heavy atom. The molecule has 124 valence electrons. The number of nitriles is 1. The molecule has 0 saturated heterocycles. The lowest BCUT2D eigenvalue weighted by atomic mass is 9.93. The largest absolute Gasteiger partial charge is 0.474 e. The van der Waals surface area contributed by atoms with Gasteiger partial charge in [0.25, 0.3) is 5.91 Å². The first kappa shape index (κ1) is 16.9. The molecule has 3 rings (SSSR count). The van der Waals surface area contributed by atoms with Gasteiger partial charge in [-0.25, -0.2) is 4.98 Å². The third-order valence-corrected chi connectivity index (χ3v) is 5.64. The van der Waals surface area contributed by atoms with E-state index >= 15 is 0 Å². The number of hydrogen-bond donors (Lipinski definition) is 1. The van der Waals surface area contributed by atoms with E-state index in [2.05, 4.69) is 26.2 Å². The minimum Gasteiger partial charge on any atom is -0.474 e. The molecule has 1 fully saturated rings. The maximum atomic E-state index is 12.2. The van der Waals surface area contributed by atoms with Crippen molar-refractivity contribution in [2.24, 2.45) is 0 Å². The molecular formula is C17H16BrN3O2S. The number of halogens is 1. The monoisotopic (exact) mass is 405 g/mol. The molecule has 24 heavy (non-hydrogen) atoms. The molecule has 0 radical (unpaired) electrons. The summed E-state index contributed by atoms with van der Waals surface area (Å²) in [5, 5.41) is 13.8. The Bertz CT molecular complexity index is 746. The zero-order chi connectivity index (χ0) is 16.9. The summed E-state index contributed by atoms with van der Waals surface area (Å²) in [5.41, 5.74) is 0.522. The fraction of sp³-hybridized carbons (Fsp3) is 0.353. The van der Waals surface area contributed by atoms with E-state index in [-0.39, 0.29) is 18.1 Å². The van der Waals surface area contributed by atoms with Gasteiger partial charge in [0.2, 0.25) is 5.88 Å². The summed E-state index contributed by atoms with van der Waals surface area (Å²) >= 11 is 4.80. The quantitative estimate of drug-likeness (QED) is 0.836. The Balaban J connectivity index is 1.47. The first-order valence-electron chi connectivity index (χ1n) is 7.72. The Kier molecular flexibility index (Phi) is 5.48. The van der Waals surface area contributed by atoms with Crippen LogP contribution in [-0.2, 0) is 0 Å². The number of carbonyl (C=O) groups excluding carboxylic acids is 1. The maximum absolute atomic E-state index is 12.2. The molecule has 1 saturated carbocycles. The Labute approximate surface area is 152 Å². The van der Waals surface area contributed by atoms with Crippen LogP contribution in [0.15, 0.2) is 34.2 Å². The number of thiophene rings is 1. The van der Waals surface area contributed by atoms with Gasteiger partial charge in [-0.05, 0) is 53.7 Å². The summed E-state index contributed by atoms with van der Waals surface area (Å²) < 4.78 is 6.79. The van der Waals surface area contributed by atoms with Crippen molar-refractivity contribution in [1.29, 1.82) is 5.26 Å². The summed E-state index contributed by atoms with van der Waals surface area (Å²) in [6, 6.07) is 7.49. The van der Waals surface area contributed by atoms with Crippen LogP contribution in [0.2, 0.25) is 0 Å². The van der Waals surface area contributed by atoms with Crippen molar-refractivity contribution in [2.75, 3.05) is 0 Å². The van der Waals surface area contributed by atoms with Gasteiger partial charge in [0.05, 0.1) is 10.4 Å². The van der Waals surface area contributed by atoms with E-state index in [9.17, 15) is 4.79 Å². The second kappa shape index (κ2) is 7.77. The lowest BCUT2D eigenvalue weighted by molar-refractivity contribution is 0.0894. The number of amides is 1. The highest BCUT2D eigenvalue weighted by molar-refractivity contribution is 9.10. The fourth-order valence-electron chi connectivity index (χ4n) is 2.70. The number of carbonyl (C=O) groups is 1. The highest BCUT2D eigenvalue weighted by Crippen LogP contribution is 2.24. The average Bonchev–Trinajstić information content (AvgIpc) is 3.04. The van der Waals surface area contributed by atoms with Gasteiger partial charge in [0.1, 0.15) is 12.2 Å². The minimum atomic E-state index is -0.0103. The Morgan fingerprint density at radius 3 is 2.75 bits per heavy atom. The van der Waals surface area contributed by atoms with E-state index in [1.807, 2.05) is 17.5 Å². The van der Waals surface area contributed by atoms with Gasteiger partial charge in [0.15, 0.2) is 0 Å². The maximum Gasteiger partial charge on any atom is 0.261 e. The molecule has 2 aromatic rings. The lowest BCUT2D eigenvalue weighted by Gasteiger charge is -2.29. The number of aromatic nitrogens is 1. The van der Waals surface area contributed by atoms with Crippen LogP contribution in [0.4, 0.5) is 0 Å². The molecule has 0 bridgehead atoms. The smallest absolute Gasteiger partial charge is 0.261 e. The van der Waals surface area contributed by atoms with Gasteiger partial charge in [0, 0.05) is 28.2 Å². The number of ether oxygens (including phenoxy) is 1. The van der Waals surface area contributed by atoms with E-state index in [4.69, 9.17) is 10.00 Å². The van der Waals surface area contributed by atoms with Crippen LogP contribution in [-0.4, -0.2) is 23.0 Å². The molecule has 2 aromatic heterocycles. The first-order chi connectivity index (χ1) is 11.6. The third-order valence-electron chi connectivity index (χ3n) is 3.95. The van der Waals surface area contributed by atoms with Crippen molar-refractivity contribution in [3.63, 3.8) is 0 Å². The van der Waals surface area contributed by atoms with Gasteiger partial charge in [-0.15, -0.1) is 11.3 Å². The molecular weight excluding hydrogens is 390 g/mol. The van der Waals surface area contributed by atoms with Crippen LogP contribution in [0.25, 0.3) is 0 Å². The van der Waals surface area contributed by atoms with E-state index in [0.717, 1.165) is 35.0 Å². The summed E-state index contributed by atoms with van der Waals surface area (Å²) in [6.07, 6.45) is 5.15. The molecule has 0 atom stereocenters. The first-order valence-corrected chi connectivity index (χ1v) is 9.39. The highest BCUT2D eigenvalue weighted by Gasteiger charge is 2.24. The normalized spacial score (nSPS) is 20.2. The van der Waals surface area contributed by atoms with Gasteiger partial charge >= 0.3 is 0 Å². The molecule has 2 heterocycles. The van der Waals surface area contributed by atoms with Crippen LogP contribution in [0.1, 0.15) is 40.9 Å².